The Morgan fingerprint density at radius 2 is 1.93 bits per heavy atom. The van der Waals surface area contributed by atoms with Gasteiger partial charge in [0.25, 0.3) is 5.56 Å². The minimum Gasteiger partial charge on any atom is -0.485 e. The van der Waals surface area contributed by atoms with Crippen molar-refractivity contribution in [2.45, 2.75) is 45.7 Å². The molecule has 1 aliphatic rings. The molecule has 1 aliphatic heterocycles. The number of nitrogens with zero attached hydrogens (tertiary/aromatic N) is 5. The lowest BCUT2D eigenvalue weighted by molar-refractivity contribution is -0.120. The van der Waals surface area contributed by atoms with Crippen LogP contribution in [0.25, 0.3) is 17.1 Å². The van der Waals surface area contributed by atoms with Crippen LogP contribution < -0.4 is 15.6 Å². The van der Waals surface area contributed by atoms with Gasteiger partial charge in [0.05, 0.1) is 25.9 Å². The summed E-state index contributed by atoms with van der Waals surface area (Å²) in [6, 6.07) is 3.12. The summed E-state index contributed by atoms with van der Waals surface area (Å²) in [7, 11) is 0. The fourth-order valence-corrected chi connectivity index (χ4v) is 4.64. The Kier molecular flexibility index (Phi) is 7.12. The molecule has 216 valence electrons. The number of fused-ring (bicyclic) bond motifs is 3. The lowest BCUT2D eigenvalue weighted by Crippen LogP contribution is -2.41. The number of carbonyl (C=O) groups is 1. The SMILES string of the molecule is [2H]C([2H])(Oc1cc2n(c(=O)c1Cl)-c1c(cnc(-c3ccnc(C(C)(C)NC(C)=O)n3)c1F)C/C=C\C2)c1ncc(F)cc1F. The summed E-state index contributed by atoms with van der Waals surface area (Å²) in [4.78, 5) is 41.8. The fourth-order valence-electron chi connectivity index (χ4n) is 4.46. The molecule has 0 bridgehead atoms. The van der Waals surface area contributed by atoms with Crippen LogP contribution in [0.5, 0.6) is 5.75 Å². The molecule has 13 heteroatoms. The van der Waals surface area contributed by atoms with Crippen LogP contribution in [0, 0.1) is 17.5 Å². The third-order valence-electron chi connectivity index (χ3n) is 6.33. The molecule has 5 rings (SSSR count). The van der Waals surface area contributed by atoms with Crippen molar-refractivity contribution in [1.29, 1.82) is 0 Å². The molecule has 0 saturated heterocycles. The number of allylic oxidation sites excluding steroid dienone is 2. The summed E-state index contributed by atoms with van der Waals surface area (Å²) in [5.74, 6) is -3.78. The Morgan fingerprint density at radius 1 is 1.17 bits per heavy atom. The van der Waals surface area contributed by atoms with Crippen molar-refractivity contribution in [2.75, 3.05) is 0 Å². The first-order valence-corrected chi connectivity index (χ1v) is 13.0. The number of aromatic nitrogens is 5. The van der Waals surface area contributed by atoms with E-state index in [1.165, 1.54) is 31.5 Å². The average molecular weight is 599 g/mol. The van der Waals surface area contributed by atoms with E-state index < -0.39 is 51.6 Å². The van der Waals surface area contributed by atoms with Crippen LogP contribution in [0.2, 0.25) is 5.02 Å². The van der Waals surface area contributed by atoms with Crippen molar-refractivity contribution in [2.24, 2.45) is 0 Å². The average Bonchev–Trinajstić information content (AvgIpc) is 2.92. The molecule has 4 aromatic heterocycles. The van der Waals surface area contributed by atoms with Gasteiger partial charge >= 0.3 is 0 Å². The van der Waals surface area contributed by atoms with E-state index in [-0.39, 0.29) is 47.3 Å². The number of halogens is 4. The Hall–Kier alpha value is -4.58. The molecule has 5 heterocycles. The van der Waals surface area contributed by atoms with Crippen LogP contribution in [-0.2, 0) is 29.7 Å². The van der Waals surface area contributed by atoms with Gasteiger partial charge in [-0.2, -0.15) is 0 Å². The molecule has 0 aromatic carbocycles. The molecule has 0 fully saturated rings. The van der Waals surface area contributed by atoms with Gasteiger partial charge in [0.2, 0.25) is 5.91 Å². The first-order valence-electron chi connectivity index (χ1n) is 13.6. The number of amides is 1. The maximum atomic E-state index is 16.5. The Morgan fingerprint density at radius 3 is 2.67 bits per heavy atom. The highest BCUT2D eigenvalue weighted by atomic mass is 35.5. The van der Waals surface area contributed by atoms with Crippen molar-refractivity contribution >= 4 is 17.5 Å². The number of carbonyl (C=O) groups excluding carboxylic acids is 1. The maximum Gasteiger partial charge on any atom is 0.278 e. The van der Waals surface area contributed by atoms with Crippen LogP contribution in [0.4, 0.5) is 13.2 Å². The molecule has 0 aliphatic carbocycles. The molecule has 0 radical (unpaired) electrons. The number of rotatable bonds is 6. The topological polar surface area (TPSA) is 112 Å². The van der Waals surface area contributed by atoms with Gasteiger partial charge < -0.3 is 10.1 Å². The first-order chi connectivity index (χ1) is 20.7. The lowest BCUT2D eigenvalue weighted by Gasteiger charge is -2.24. The van der Waals surface area contributed by atoms with Gasteiger partial charge in [0.1, 0.15) is 34.5 Å². The van der Waals surface area contributed by atoms with Crippen LogP contribution in [0.15, 0.2) is 53.7 Å². The summed E-state index contributed by atoms with van der Waals surface area (Å²) in [5, 5.41) is 2.12. The summed E-state index contributed by atoms with van der Waals surface area (Å²) in [5.41, 5.74) is -2.53. The van der Waals surface area contributed by atoms with Gasteiger partial charge in [-0.25, -0.2) is 23.1 Å². The summed E-state index contributed by atoms with van der Waals surface area (Å²) >= 11 is 6.36. The second-order valence-electron chi connectivity index (χ2n) is 9.89. The maximum absolute atomic E-state index is 16.5. The minimum atomic E-state index is -2.96. The highest BCUT2D eigenvalue weighted by molar-refractivity contribution is 6.31. The van der Waals surface area contributed by atoms with Gasteiger partial charge in [-0.1, -0.05) is 23.8 Å². The van der Waals surface area contributed by atoms with Crippen LogP contribution in [-0.4, -0.2) is 30.4 Å². The number of nitrogens with one attached hydrogen (secondary N) is 1. The molecule has 1 N–H and O–H groups in total. The highest BCUT2D eigenvalue weighted by Crippen LogP contribution is 2.32. The molecule has 0 atom stereocenters. The highest BCUT2D eigenvalue weighted by Gasteiger charge is 2.28. The lowest BCUT2D eigenvalue weighted by atomic mass is 10.0. The smallest absolute Gasteiger partial charge is 0.278 e. The van der Waals surface area contributed by atoms with Gasteiger partial charge in [-0.3, -0.25) is 24.1 Å². The van der Waals surface area contributed by atoms with Gasteiger partial charge in [-0.15, -0.1) is 0 Å². The van der Waals surface area contributed by atoms with Crippen molar-refractivity contribution in [3.8, 4) is 22.8 Å². The third-order valence-corrected chi connectivity index (χ3v) is 6.68. The summed E-state index contributed by atoms with van der Waals surface area (Å²) < 4.78 is 66.9. The Balaban J connectivity index is 1.64. The molecular formula is C29H24ClF3N6O3. The van der Waals surface area contributed by atoms with Crippen molar-refractivity contribution in [1.82, 2.24) is 29.8 Å². The van der Waals surface area contributed by atoms with Crippen molar-refractivity contribution in [3.63, 3.8) is 0 Å². The number of hydrogen-bond donors (Lipinski definition) is 1. The monoisotopic (exact) mass is 598 g/mol. The number of pyridine rings is 3. The summed E-state index contributed by atoms with van der Waals surface area (Å²) in [6.07, 6.45) is 7.20. The van der Waals surface area contributed by atoms with Crippen molar-refractivity contribution in [3.05, 3.63) is 105 Å². The number of hydrogen-bond acceptors (Lipinski definition) is 7. The van der Waals surface area contributed by atoms with E-state index in [2.05, 4.69) is 25.3 Å². The van der Waals surface area contributed by atoms with Crippen molar-refractivity contribution < 1.29 is 25.4 Å². The largest absolute Gasteiger partial charge is 0.485 e. The standard InChI is InChI=1S/C29H24ClF3N6O3/c1-15(40)38-29(2,3)28-34-9-8-20(37-28)25-24(33)26-16(12-36-25)6-4-5-7-18-11-22(23(30)27(41)39(18)26)42-14-21-19(32)10-17(31)13-35-21/h4-5,8-13H,6-7,14H2,1-3H3,(H,38,40)/b5-4-/i14D2. The minimum absolute atomic E-state index is 0.0913. The molecule has 9 nitrogen and oxygen atoms in total. The van der Waals surface area contributed by atoms with Gasteiger partial charge in [-0.05, 0) is 26.3 Å². The Bertz CT molecular complexity index is 1900. The second kappa shape index (κ2) is 11.4. The number of ether oxygens (including phenoxy) is 1. The second-order valence-corrected chi connectivity index (χ2v) is 10.3. The molecule has 0 saturated carbocycles. The predicted octanol–water partition coefficient (Wildman–Crippen LogP) is 4.76. The Labute approximate surface area is 245 Å². The molecule has 4 aromatic rings. The van der Waals surface area contributed by atoms with E-state index in [1.54, 1.807) is 26.0 Å². The van der Waals surface area contributed by atoms with Crippen LogP contribution in [0.3, 0.4) is 0 Å². The van der Waals surface area contributed by atoms with Crippen LogP contribution >= 0.6 is 11.6 Å². The summed E-state index contributed by atoms with van der Waals surface area (Å²) in [6.45, 7) is 1.76. The zero-order valence-electron chi connectivity index (χ0n) is 24.5. The van der Waals surface area contributed by atoms with E-state index in [9.17, 15) is 18.4 Å². The van der Waals surface area contributed by atoms with Gasteiger partial charge in [0.15, 0.2) is 17.5 Å². The normalized spacial score (nSPS) is 14.5. The van der Waals surface area contributed by atoms with E-state index >= 15 is 4.39 Å². The molecular weight excluding hydrogens is 573 g/mol. The third kappa shape index (κ3) is 5.62. The van der Waals surface area contributed by atoms with Gasteiger partial charge in [0, 0.05) is 49.1 Å². The molecule has 1 amide bonds. The van der Waals surface area contributed by atoms with E-state index in [0.717, 1.165) is 4.57 Å². The van der Waals surface area contributed by atoms with E-state index in [1.807, 2.05) is 0 Å². The van der Waals surface area contributed by atoms with Crippen LogP contribution in [0.1, 0.15) is 46.3 Å². The molecule has 42 heavy (non-hydrogen) atoms. The first kappa shape index (κ1) is 26.3. The predicted molar refractivity (Wildman–Crippen MR) is 148 cm³/mol. The zero-order chi connectivity index (χ0) is 32.0. The fraction of sp³-hybridized carbons (Fsp3) is 0.241. The zero-order valence-corrected chi connectivity index (χ0v) is 23.3. The van der Waals surface area contributed by atoms with E-state index in [0.29, 0.717) is 17.8 Å². The van der Waals surface area contributed by atoms with E-state index in [4.69, 9.17) is 19.1 Å². The quantitative estimate of drug-likeness (QED) is 0.319. The molecule has 0 spiro atoms. The molecule has 0 unspecified atom stereocenters.